The summed E-state index contributed by atoms with van der Waals surface area (Å²) in [5.74, 6) is -2.07. The lowest BCUT2D eigenvalue weighted by molar-refractivity contribution is -0.136. The molecule has 1 atom stereocenters. The Hall–Kier alpha value is -2.18. The van der Waals surface area contributed by atoms with E-state index in [9.17, 15) is 14.4 Å². The highest BCUT2D eigenvalue weighted by Crippen LogP contribution is 2.23. The number of imide groups is 2. The summed E-state index contributed by atoms with van der Waals surface area (Å²) in [5, 5.41) is 6.10. The summed E-state index contributed by atoms with van der Waals surface area (Å²) < 4.78 is 1.48. The van der Waals surface area contributed by atoms with Gasteiger partial charge in [0.1, 0.15) is 5.92 Å². The maximum Gasteiger partial charge on any atom is 0.335 e. The van der Waals surface area contributed by atoms with Crippen LogP contribution in [0.25, 0.3) is 0 Å². The summed E-state index contributed by atoms with van der Waals surface area (Å²) in [6.07, 6.45) is 2.95. The average Bonchev–Trinajstić information content (AvgIpc) is 2.63. The Morgan fingerprint density at radius 1 is 1.33 bits per heavy atom. The fraction of sp³-hybridized carbons (Fsp3) is 0.455. The van der Waals surface area contributed by atoms with Gasteiger partial charge < -0.3 is 0 Å². The van der Waals surface area contributed by atoms with Gasteiger partial charge in [-0.2, -0.15) is 5.10 Å². The number of carbonyl (C=O) groups excluding carboxylic acids is 3. The van der Waals surface area contributed by atoms with E-state index < -0.39 is 23.8 Å². The monoisotopic (exact) mass is 250 g/mol. The van der Waals surface area contributed by atoms with Gasteiger partial charge in [-0.3, -0.25) is 19.6 Å². The van der Waals surface area contributed by atoms with Crippen LogP contribution in [-0.2, 0) is 16.6 Å². The molecule has 1 fully saturated rings. The minimum Gasteiger partial charge on any atom is -0.277 e. The van der Waals surface area contributed by atoms with Gasteiger partial charge in [0.25, 0.3) is 0 Å². The van der Waals surface area contributed by atoms with Gasteiger partial charge in [-0.1, -0.05) is 13.8 Å². The predicted molar refractivity (Wildman–Crippen MR) is 62.6 cm³/mol. The maximum absolute atomic E-state index is 12.2. The number of aryl methyl sites for hydroxylation is 1. The van der Waals surface area contributed by atoms with Crippen molar-refractivity contribution in [2.45, 2.75) is 13.8 Å². The first-order chi connectivity index (χ1) is 8.41. The van der Waals surface area contributed by atoms with Crippen molar-refractivity contribution >= 4 is 23.5 Å². The Bertz CT molecular complexity index is 520. The van der Waals surface area contributed by atoms with E-state index >= 15 is 0 Å². The zero-order chi connectivity index (χ0) is 13.4. The molecule has 1 N–H and O–H groups in total. The minimum atomic E-state index is -0.845. The van der Waals surface area contributed by atoms with Gasteiger partial charge in [0.15, 0.2) is 0 Å². The first-order valence-electron chi connectivity index (χ1n) is 5.59. The Balaban J connectivity index is 2.38. The highest BCUT2D eigenvalue weighted by Gasteiger charge is 2.43. The molecule has 2 rings (SSSR count). The Labute approximate surface area is 104 Å². The molecule has 4 amide bonds. The molecule has 96 valence electrons. The number of nitrogens with zero attached hydrogens (tertiary/aromatic N) is 3. The second-order valence-electron chi connectivity index (χ2n) is 4.56. The largest absolute Gasteiger partial charge is 0.335 e. The van der Waals surface area contributed by atoms with Crippen molar-refractivity contribution in [1.29, 1.82) is 0 Å². The number of barbiturate groups is 1. The number of nitrogens with one attached hydrogen (secondary N) is 1. The van der Waals surface area contributed by atoms with Crippen molar-refractivity contribution in [3.63, 3.8) is 0 Å². The number of aromatic nitrogens is 2. The summed E-state index contributed by atoms with van der Waals surface area (Å²) in [6.45, 7) is 3.53. The van der Waals surface area contributed by atoms with E-state index in [1.54, 1.807) is 27.1 Å². The summed E-state index contributed by atoms with van der Waals surface area (Å²) in [7, 11) is 1.68. The van der Waals surface area contributed by atoms with E-state index in [0.29, 0.717) is 5.69 Å². The average molecular weight is 250 g/mol. The SMILES string of the molecule is CC(C)C1C(=O)NC(=O)N(c2cnn(C)c2)C1=O. The van der Waals surface area contributed by atoms with Crippen LogP contribution in [-0.4, -0.2) is 27.6 Å². The van der Waals surface area contributed by atoms with Crippen molar-refractivity contribution in [2.24, 2.45) is 18.9 Å². The van der Waals surface area contributed by atoms with Gasteiger partial charge in [-0.15, -0.1) is 0 Å². The van der Waals surface area contributed by atoms with Crippen LogP contribution in [0.2, 0.25) is 0 Å². The van der Waals surface area contributed by atoms with E-state index in [0.717, 1.165) is 4.90 Å². The van der Waals surface area contributed by atoms with E-state index in [1.165, 1.54) is 10.9 Å². The summed E-state index contributed by atoms with van der Waals surface area (Å²) in [6, 6.07) is -0.727. The van der Waals surface area contributed by atoms with Crippen LogP contribution < -0.4 is 10.2 Å². The lowest BCUT2D eigenvalue weighted by Crippen LogP contribution is -2.59. The molecule has 0 radical (unpaired) electrons. The van der Waals surface area contributed by atoms with Crippen LogP contribution in [0.3, 0.4) is 0 Å². The lowest BCUT2D eigenvalue weighted by atomic mass is 9.92. The second kappa shape index (κ2) is 4.25. The molecule has 1 aromatic heterocycles. The minimum absolute atomic E-state index is 0.176. The van der Waals surface area contributed by atoms with E-state index in [2.05, 4.69) is 10.4 Å². The topological polar surface area (TPSA) is 84.3 Å². The smallest absolute Gasteiger partial charge is 0.277 e. The van der Waals surface area contributed by atoms with Gasteiger partial charge >= 0.3 is 6.03 Å². The molecule has 1 aliphatic heterocycles. The molecule has 7 nitrogen and oxygen atoms in total. The van der Waals surface area contributed by atoms with Crippen LogP contribution >= 0.6 is 0 Å². The van der Waals surface area contributed by atoms with Crippen molar-refractivity contribution in [3.8, 4) is 0 Å². The Morgan fingerprint density at radius 3 is 2.50 bits per heavy atom. The molecule has 1 unspecified atom stereocenters. The van der Waals surface area contributed by atoms with Crippen LogP contribution in [0.5, 0.6) is 0 Å². The Kier molecular flexibility index (Phi) is 2.90. The number of hydrogen-bond acceptors (Lipinski definition) is 4. The van der Waals surface area contributed by atoms with Gasteiger partial charge in [-0.05, 0) is 5.92 Å². The number of hydrogen-bond donors (Lipinski definition) is 1. The van der Waals surface area contributed by atoms with Crippen LogP contribution in [0, 0.1) is 11.8 Å². The first-order valence-corrected chi connectivity index (χ1v) is 5.59. The van der Waals surface area contributed by atoms with Crippen molar-refractivity contribution in [1.82, 2.24) is 15.1 Å². The van der Waals surface area contributed by atoms with Crippen molar-refractivity contribution in [3.05, 3.63) is 12.4 Å². The van der Waals surface area contributed by atoms with Crippen molar-refractivity contribution in [2.75, 3.05) is 4.90 Å². The number of amides is 4. The maximum atomic E-state index is 12.2. The van der Waals surface area contributed by atoms with Crippen LogP contribution in [0.1, 0.15) is 13.8 Å². The van der Waals surface area contributed by atoms with Gasteiger partial charge in [0.05, 0.1) is 11.9 Å². The fourth-order valence-corrected chi connectivity index (χ4v) is 1.95. The molecule has 18 heavy (non-hydrogen) atoms. The van der Waals surface area contributed by atoms with E-state index in [1.807, 2.05) is 0 Å². The highest BCUT2D eigenvalue weighted by molar-refractivity contribution is 6.27. The molecule has 7 heteroatoms. The predicted octanol–water partition coefficient (Wildman–Crippen LogP) is 0.275. The third kappa shape index (κ3) is 1.87. The number of anilines is 1. The number of carbonyl (C=O) groups is 3. The van der Waals surface area contributed by atoms with Crippen molar-refractivity contribution < 1.29 is 14.4 Å². The molecule has 0 aliphatic carbocycles. The fourth-order valence-electron chi connectivity index (χ4n) is 1.95. The Morgan fingerprint density at radius 2 is 2.00 bits per heavy atom. The standard InChI is InChI=1S/C11H14N4O3/c1-6(2)8-9(16)13-11(18)15(10(8)17)7-4-12-14(3)5-7/h4-6,8H,1-3H3,(H,13,16,18). The third-order valence-electron chi connectivity index (χ3n) is 2.82. The molecule has 1 aromatic rings. The van der Waals surface area contributed by atoms with Gasteiger partial charge in [-0.25, -0.2) is 9.69 Å². The second-order valence-corrected chi connectivity index (χ2v) is 4.56. The third-order valence-corrected chi connectivity index (χ3v) is 2.82. The molecular formula is C11H14N4O3. The normalized spacial score (nSPS) is 20.6. The zero-order valence-electron chi connectivity index (χ0n) is 10.4. The molecule has 0 spiro atoms. The van der Waals surface area contributed by atoms with E-state index in [-0.39, 0.29) is 5.92 Å². The zero-order valence-corrected chi connectivity index (χ0v) is 10.4. The molecule has 0 bridgehead atoms. The number of rotatable bonds is 2. The summed E-state index contributed by atoms with van der Waals surface area (Å²) in [4.78, 5) is 36.5. The molecule has 0 aromatic carbocycles. The summed E-state index contributed by atoms with van der Waals surface area (Å²) in [5.41, 5.74) is 0.359. The molecular weight excluding hydrogens is 236 g/mol. The quantitative estimate of drug-likeness (QED) is 0.764. The lowest BCUT2D eigenvalue weighted by Gasteiger charge is -2.30. The van der Waals surface area contributed by atoms with Crippen LogP contribution in [0.4, 0.5) is 10.5 Å². The highest BCUT2D eigenvalue weighted by atomic mass is 16.2. The number of urea groups is 1. The molecule has 0 saturated carbocycles. The molecule has 2 heterocycles. The molecule has 1 aliphatic rings. The summed E-state index contributed by atoms with van der Waals surface area (Å²) >= 11 is 0. The van der Waals surface area contributed by atoms with Gasteiger partial charge in [0.2, 0.25) is 11.8 Å². The van der Waals surface area contributed by atoms with Gasteiger partial charge in [0, 0.05) is 13.2 Å². The van der Waals surface area contributed by atoms with Crippen LogP contribution in [0.15, 0.2) is 12.4 Å². The van der Waals surface area contributed by atoms with E-state index in [4.69, 9.17) is 0 Å². The first kappa shape index (κ1) is 12.3. The molecule has 1 saturated heterocycles.